The van der Waals surface area contributed by atoms with E-state index in [0.717, 1.165) is 19.3 Å². The van der Waals surface area contributed by atoms with Gasteiger partial charge in [-0.3, -0.25) is 10.1 Å². The topological polar surface area (TPSA) is 62.6 Å². The molecule has 2 aromatic rings. The van der Waals surface area contributed by atoms with Gasteiger partial charge in [0.25, 0.3) is 5.91 Å². The van der Waals surface area contributed by atoms with Gasteiger partial charge in [0.2, 0.25) is 0 Å². The van der Waals surface area contributed by atoms with E-state index in [2.05, 4.69) is 5.32 Å². The molecular formula is C16H13FN2O3. The molecule has 3 aliphatic rings. The molecule has 2 aliphatic heterocycles. The highest BCUT2D eigenvalue weighted by atomic mass is 19.1. The molecule has 22 heavy (non-hydrogen) atoms. The van der Waals surface area contributed by atoms with E-state index in [9.17, 15) is 14.0 Å². The summed E-state index contributed by atoms with van der Waals surface area (Å²) >= 11 is 0. The largest absolute Gasteiger partial charge is 0.461 e. The van der Waals surface area contributed by atoms with Crippen LogP contribution in [-0.2, 0) is 10.3 Å². The highest BCUT2D eigenvalue weighted by Crippen LogP contribution is 2.57. The van der Waals surface area contributed by atoms with Crippen LogP contribution >= 0.6 is 0 Å². The van der Waals surface area contributed by atoms with Gasteiger partial charge >= 0.3 is 6.03 Å². The fourth-order valence-electron chi connectivity index (χ4n) is 4.72. The predicted molar refractivity (Wildman–Crippen MR) is 74.4 cm³/mol. The van der Waals surface area contributed by atoms with Gasteiger partial charge in [0.1, 0.15) is 0 Å². The molecule has 5 rings (SSSR count). The molecule has 3 fully saturated rings. The van der Waals surface area contributed by atoms with E-state index in [1.54, 1.807) is 17.0 Å². The number of nitrogens with zero attached hydrogens (tertiary/aromatic N) is 1. The Kier molecular flexibility index (Phi) is 2.04. The number of furan rings is 1. The molecule has 1 aliphatic carbocycles. The van der Waals surface area contributed by atoms with Gasteiger partial charge in [0, 0.05) is 17.0 Å². The second-order valence-electron chi connectivity index (χ2n) is 6.33. The van der Waals surface area contributed by atoms with Gasteiger partial charge in [0.15, 0.2) is 16.9 Å². The maximum atomic E-state index is 13.9. The number of hydrogen-bond acceptors (Lipinski definition) is 3. The van der Waals surface area contributed by atoms with E-state index in [0.29, 0.717) is 10.9 Å². The summed E-state index contributed by atoms with van der Waals surface area (Å²) < 4.78 is 19.3. The normalized spacial score (nSPS) is 32.9. The minimum Gasteiger partial charge on any atom is -0.461 e. The molecule has 0 radical (unpaired) electrons. The predicted octanol–water partition coefficient (Wildman–Crippen LogP) is 2.50. The average molecular weight is 300 g/mol. The number of carbonyl (C=O) groups excluding carboxylic acids is 2. The van der Waals surface area contributed by atoms with Gasteiger partial charge in [-0.15, -0.1) is 0 Å². The number of imide groups is 1. The zero-order chi connectivity index (χ0) is 15.1. The van der Waals surface area contributed by atoms with Crippen molar-refractivity contribution in [2.75, 3.05) is 0 Å². The third-order valence-electron chi connectivity index (χ3n) is 5.49. The molecule has 2 bridgehead atoms. The van der Waals surface area contributed by atoms with Gasteiger partial charge < -0.3 is 9.32 Å². The molecule has 3 amide bonds. The Labute approximate surface area is 125 Å². The Hall–Kier alpha value is -2.37. The number of halogens is 1. The summed E-state index contributed by atoms with van der Waals surface area (Å²) in [7, 11) is 0. The van der Waals surface area contributed by atoms with Gasteiger partial charge in [-0.25, -0.2) is 9.18 Å². The Morgan fingerprint density at radius 1 is 1.32 bits per heavy atom. The molecule has 1 N–H and O–H groups in total. The highest BCUT2D eigenvalue weighted by Gasteiger charge is 2.68. The van der Waals surface area contributed by atoms with Gasteiger partial charge in [-0.1, -0.05) is 12.1 Å². The fraction of sp³-hybridized carbons (Fsp3) is 0.375. The maximum absolute atomic E-state index is 13.9. The number of piperidine rings is 1. The molecule has 2 saturated heterocycles. The molecule has 112 valence electrons. The van der Waals surface area contributed by atoms with E-state index in [1.807, 2.05) is 0 Å². The van der Waals surface area contributed by atoms with Crippen LogP contribution in [0.1, 0.15) is 24.8 Å². The minimum absolute atomic E-state index is 0.0630. The van der Waals surface area contributed by atoms with Crippen LogP contribution in [0.25, 0.3) is 11.0 Å². The van der Waals surface area contributed by atoms with E-state index >= 15 is 0 Å². The maximum Gasteiger partial charge on any atom is 0.325 e. The number of hydrogen-bond donors (Lipinski definition) is 1. The van der Waals surface area contributed by atoms with Crippen LogP contribution in [0, 0.1) is 11.7 Å². The second-order valence-corrected chi connectivity index (χ2v) is 6.33. The highest BCUT2D eigenvalue weighted by molar-refractivity contribution is 6.10. The molecule has 5 nitrogen and oxygen atoms in total. The molecule has 3 heterocycles. The average Bonchev–Trinajstić information content (AvgIpc) is 3.22. The molecule has 1 aromatic carbocycles. The van der Waals surface area contributed by atoms with Crippen molar-refractivity contribution >= 4 is 22.9 Å². The van der Waals surface area contributed by atoms with Crippen LogP contribution in [0.4, 0.5) is 9.18 Å². The third-order valence-corrected chi connectivity index (χ3v) is 5.49. The summed E-state index contributed by atoms with van der Waals surface area (Å²) in [4.78, 5) is 26.6. The van der Waals surface area contributed by atoms with Crippen molar-refractivity contribution in [1.29, 1.82) is 0 Å². The summed E-state index contributed by atoms with van der Waals surface area (Å²) in [5, 5.41) is 3.01. The van der Waals surface area contributed by atoms with E-state index < -0.39 is 11.4 Å². The number of para-hydroxylation sites is 1. The first-order valence-corrected chi connectivity index (χ1v) is 7.45. The number of carbonyl (C=O) groups is 2. The van der Waals surface area contributed by atoms with Crippen molar-refractivity contribution in [1.82, 2.24) is 10.2 Å². The van der Waals surface area contributed by atoms with Crippen LogP contribution < -0.4 is 5.32 Å². The third kappa shape index (κ3) is 1.13. The van der Waals surface area contributed by atoms with Crippen molar-refractivity contribution in [3.8, 4) is 0 Å². The summed E-state index contributed by atoms with van der Waals surface area (Å²) in [6, 6.07) is 4.40. The minimum atomic E-state index is -1.03. The van der Waals surface area contributed by atoms with E-state index in [4.69, 9.17) is 4.42 Å². The number of amides is 3. The van der Waals surface area contributed by atoms with Crippen molar-refractivity contribution < 1.29 is 18.4 Å². The standard InChI is InChI=1S/C16H13FN2O3/c17-12-3-1-2-10-11(7-22-13(10)12)16-8-4-5-9(6-8)19(16)15(21)18-14(16)20/h1-3,7-9H,4-6H2,(H,18,20,21). The molecule has 1 aromatic heterocycles. The SMILES string of the molecule is O=C1NC(=O)C2(c3coc4c(F)cccc34)C3CCC(C3)N12. The molecule has 6 heteroatoms. The molecule has 0 spiro atoms. The van der Waals surface area contributed by atoms with Crippen LogP contribution in [-0.4, -0.2) is 22.9 Å². The fourth-order valence-corrected chi connectivity index (χ4v) is 4.72. The van der Waals surface area contributed by atoms with Crippen LogP contribution in [0.3, 0.4) is 0 Å². The quantitative estimate of drug-likeness (QED) is 0.823. The zero-order valence-electron chi connectivity index (χ0n) is 11.6. The number of fused-ring (bicyclic) bond motifs is 6. The van der Waals surface area contributed by atoms with E-state index in [-0.39, 0.29) is 29.5 Å². The van der Waals surface area contributed by atoms with Crippen LogP contribution in [0.5, 0.6) is 0 Å². The Bertz CT molecular complexity index is 845. The lowest BCUT2D eigenvalue weighted by molar-refractivity contribution is -0.129. The lowest BCUT2D eigenvalue weighted by atomic mass is 9.77. The number of nitrogens with one attached hydrogen (secondary N) is 1. The molecule has 3 atom stereocenters. The smallest absolute Gasteiger partial charge is 0.325 e. The molecule has 1 saturated carbocycles. The number of rotatable bonds is 1. The van der Waals surface area contributed by atoms with Crippen LogP contribution in [0.15, 0.2) is 28.9 Å². The van der Waals surface area contributed by atoms with Gasteiger partial charge in [-0.2, -0.15) is 0 Å². The lowest BCUT2D eigenvalue weighted by Gasteiger charge is -2.38. The zero-order valence-corrected chi connectivity index (χ0v) is 11.6. The van der Waals surface area contributed by atoms with Gasteiger partial charge in [0.05, 0.1) is 6.26 Å². The Morgan fingerprint density at radius 2 is 2.18 bits per heavy atom. The number of benzene rings is 1. The van der Waals surface area contributed by atoms with E-state index in [1.165, 1.54) is 12.3 Å². The Balaban J connectivity index is 1.83. The van der Waals surface area contributed by atoms with Crippen molar-refractivity contribution in [3.63, 3.8) is 0 Å². The van der Waals surface area contributed by atoms with Crippen molar-refractivity contribution in [2.24, 2.45) is 5.92 Å². The Morgan fingerprint density at radius 3 is 3.05 bits per heavy atom. The monoisotopic (exact) mass is 300 g/mol. The molecular weight excluding hydrogens is 287 g/mol. The summed E-state index contributed by atoms with van der Waals surface area (Å²) in [5.74, 6) is -0.704. The first-order valence-electron chi connectivity index (χ1n) is 7.45. The first-order chi connectivity index (χ1) is 10.6. The lowest BCUT2D eigenvalue weighted by Crippen LogP contribution is -2.50. The van der Waals surface area contributed by atoms with Crippen molar-refractivity contribution in [3.05, 3.63) is 35.8 Å². The molecule has 3 unspecified atom stereocenters. The first kappa shape index (κ1) is 12.2. The van der Waals surface area contributed by atoms with Crippen molar-refractivity contribution in [2.45, 2.75) is 30.8 Å². The summed E-state index contributed by atoms with van der Waals surface area (Å²) in [6.07, 6.45) is 4.07. The van der Waals surface area contributed by atoms with Gasteiger partial charge in [-0.05, 0) is 31.2 Å². The number of urea groups is 1. The summed E-state index contributed by atoms with van der Waals surface area (Å²) in [5.41, 5.74) is -0.279. The summed E-state index contributed by atoms with van der Waals surface area (Å²) in [6.45, 7) is 0. The van der Waals surface area contributed by atoms with Crippen LogP contribution in [0.2, 0.25) is 0 Å². The second kappa shape index (κ2) is 3.69.